The third kappa shape index (κ3) is 3.13. The molecule has 2 rings (SSSR count). The average Bonchev–Trinajstić information content (AvgIpc) is 2.84. The molecule has 0 radical (unpaired) electrons. The van der Waals surface area contributed by atoms with E-state index in [1.807, 2.05) is 18.2 Å². The van der Waals surface area contributed by atoms with Crippen molar-refractivity contribution in [3.05, 3.63) is 36.0 Å². The average molecular weight is 277 g/mol. The molecule has 0 saturated heterocycles. The van der Waals surface area contributed by atoms with Gasteiger partial charge < -0.3 is 4.74 Å². The standard InChI is InChI=1S/C15H19NO2S/c1-3-4-10-18-15(17)16-9-8-12-6-5-7-13(11-19-2)14(12)16/h5-9H,3-4,10-11H2,1-2H3. The summed E-state index contributed by atoms with van der Waals surface area (Å²) in [6, 6.07) is 8.07. The van der Waals surface area contributed by atoms with Gasteiger partial charge in [-0.05, 0) is 24.3 Å². The summed E-state index contributed by atoms with van der Waals surface area (Å²) in [5, 5.41) is 1.08. The summed E-state index contributed by atoms with van der Waals surface area (Å²) in [5.74, 6) is 0.892. The summed E-state index contributed by atoms with van der Waals surface area (Å²) in [4.78, 5) is 12.1. The molecular formula is C15H19NO2S. The van der Waals surface area contributed by atoms with Gasteiger partial charge in [-0.1, -0.05) is 31.5 Å². The number of unbranched alkanes of at least 4 members (excludes halogenated alkanes) is 1. The normalized spacial score (nSPS) is 10.8. The van der Waals surface area contributed by atoms with E-state index >= 15 is 0 Å². The van der Waals surface area contributed by atoms with Crippen LogP contribution in [0.15, 0.2) is 30.5 Å². The van der Waals surface area contributed by atoms with Gasteiger partial charge in [-0.25, -0.2) is 4.79 Å². The largest absolute Gasteiger partial charge is 0.449 e. The van der Waals surface area contributed by atoms with Gasteiger partial charge >= 0.3 is 6.09 Å². The summed E-state index contributed by atoms with van der Waals surface area (Å²) < 4.78 is 6.91. The molecule has 0 N–H and O–H groups in total. The maximum absolute atomic E-state index is 12.1. The predicted octanol–water partition coefficient (Wildman–Crippen LogP) is 4.29. The van der Waals surface area contributed by atoms with Crippen LogP contribution in [0, 0.1) is 0 Å². The van der Waals surface area contributed by atoms with Crippen LogP contribution < -0.4 is 0 Å². The molecule has 0 fully saturated rings. The van der Waals surface area contributed by atoms with Crippen molar-refractivity contribution in [3.63, 3.8) is 0 Å². The number of hydrogen-bond acceptors (Lipinski definition) is 3. The van der Waals surface area contributed by atoms with E-state index in [1.165, 1.54) is 5.56 Å². The number of aromatic nitrogens is 1. The van der Waals surface area contributed by atoms with Crippen molar-refractivity contribution in [2.45, 2.75) is 25.5 Å². The van der Waals surface area contributed by atoms with Gasteiger partial charge in [-0.15, -0.1) is 0 Å². The number of hydrogen-bond donors (Lipinski definition) is 0. The van der Waals surface area contributed by atoms with Gasteiger partial charge in [0, 0.05) is 17.3 Å². The number of rotatable bonds is 5. The lowest BCUT2D eigenvalue weighted by Crippen LogP contribution is -2.14. The summed E-state index contributed by atoms with van der Waals surface area (Å²) in [6.45, 7) is 2.56. The van der Waals surface area contributed by atoms with Gasteiger partial charge in [-0.3, -0.25) is 4.57 Å². The fraction of sp³-hybridized carbons (Fsp3) is 0.400. The van der Waals surface area contributed by atoms with E-state index in [4.69, 9.17) is 4.74 Å². The molecule has 0 bridgehead atoms. The molecule has 4 heteroatoms. The Balaban J connectivity index is 2.30. The number of carbonyl (C=O) groups excluding carboxylic acids is 1. The first-order valence-corrected chi connectivity index (χ1v) is 7.92. The van der Waals surface area contributed by atoms with Gasteiger partial charge in [0.1, 0.15) is 0 Å². The number of benzene rings is 1. The molecule has 3 nitrogen and oxygen atoms in total. The van der Waals surface area contributed by atoms with E-state index < -0.39 is 0 Å². The molecule has 0 aliphatic carbocycles. The Kier molecular flexibility index (Phi) is 4.91. The van der Waals surface area contributed by atoms with Crippen LogP contribution in [0.4, 0.5) is 4.79 Å². The summed E-state index contributed by atoms with van der Waals surface area (Å²) in [7, 11) is 0. The molecular weight excluding hydrogens is 258 g/mol. The zero-order valence-corrected chi connectivity index (χ0v) is 12.2. The number of fused-ring (bicyclic) bond motifs is 1. The number of carbonyl (C=O) groups is 1. The molecule has 0 atom stereocenters. The second-order valence-electron chi connectivity index (χ2n) is 4.44. The highest BCUT2D eigenvalue weighted by Crippen LogP contribution is 2.23. The molecule has 2 aromatic rings. The van der Waals surface area contributed by atoms with E-state index in [-0.39, 0.29) is 6.09 Å². The molecule has 0 unspecified atom stereocenters. The highest BCUT2D eigenvalue weighted by atomic mass is 32.2. The van der Waals surface area contributed by atoms with Gasteiger partial charge in [0.05, 0.1) is 12.1 Å². The van der Waals surface area contributed by atoms with Crippen molar-refractivity contribution in [3.8, 4) is 0 Å². The molecule has 0 aliphatic rings. The SMILES string of the molecule is CCCCOC(=O)n1ccc2cccc(CSC)c21. The Hall–Kier alpha value is -1.42. The van der Waals surface area contributed by atoms with Crippen molar-refractivity contribution in [1.82, 2.24) is 4.57 Å². The summed E-state index contributed by atoms with van der Waals surface area (Å²) in [6.07, 6.45) is 5.51. The minimum atomic E-state index is -0.281. The fourth-order valence-electron chi connectivity index (χ4n) is 2.07. The van der Waals surface area contributed by atoms with Crippen molar-refractivity contribution in [2.24, 2.45) is 0 Å². The number of para-hydroxylation sites is 1. The smallest absolute Gasteiger partial charge is 0.418 e. The van der Waals surface area contributed by atoms with Crippen LogP contribution in [0.5, 0.6) is 0 Å². The summed E-state index contributed by atoms with van der Waals surface area (Å²) in [5.41, 5.74) is 2.14. The Morgan fingerprint density at radius 3 is 2.95 bits per heavy atom. The van der Waals surface area contributed by atoms with Crippen LogP contribution in [-0.4, -0.2) is 23.5 Å². The predicted molar refractivity (Wildman–Crippen MR) is 80.8 cm³/mol. The van der Waals surface area contributed by atoms with E-state index in [1.54, 1.807) is 22.5 Å². The summed E-state index contributed by atoms with van der Waals surface area (Å²) >= 11 is 1.75. The first-order valence-electron chi connectivity index (χ1n) is 6.53. The third-order valence-corrected chi connectivity index (χ3v) is 3.61. The zero-order chi connectivity index (χ0) is 13.7. The molecule has 0 spiro atoms. The molecule has 1 aromatic carbocycles. The van der Waals surface area contributed by atoms with Gasteiger partial charge in [0.25, 0.3) is 0 Å². The second kappa shape index (κ2) is 6.66. The Morgan fingerprint density at radius 2 is 2.21 bits per heavy atom. The Morgan fingerprint density at radius 1 is 1.37 bits per heavy atom. The lowest BCUT2D eigenvalue weighted by atomic mass is 10.2. The second-order valence-corrected chi connectivity index (χ2v) is 5.31. The minimum Gasteiger partial charge on any atom is -0.449 e. The fourth-order valence-corrected chi connectivity index (χ4v) is 2.61. The van der Waals surface area contributed by atoms with Crippen molar-refractivity contribution in [2.75, 3.05) is 12.9 Å². The van der Waals surface area contributed by atoms with Gasteiger partial charge in [0.15, 0.2) is 0 Å². The van der Waals surface area contributed by atoms with Crippen LogP contribution >= 0.6 is 11.8 Å². The number of nitrogens with zero attached hydrogens (tertiary/aromatic N) is 1. The first-order chi connectivity index (χ1) is 9.27. The zero-order valence-electron chi connectivity index (χ0n) is 11.4. The molecule has 1 heterocycles. The van der Waals surface area contributed by atoms with Crippen molar-refractivity contribution < 1.29 is 9.53 Å². The monoisotopic (exact) mass is 277 g/mol. The van der Waals surface area contributed by atoms with Crippen LogP contribution in [0.25, 0.3) is 10.9 Å². The molecule has 102 valence electrons. The van der Waals surface area contributed by atoms with Crippen molar-refractivity contribution >= 4 is 28.8 Å². The van der Waals surface area contributed by atoms with Crippen LogP contribution in [0.3, 0.4) is 0 Å². The Bertz CT molecular complexity index is 562. The minimum absolute atomic E-state index is 0.281. The van der Waals surface area contributed by atoms with Crippen LogP contribution in [0.2, 0.25) is 0 Å². The molecule has 0 amide bonds. The molecule has 1 aromatic heterocycles. The topological polar surface area (TPSA) is 31.2 Å². The number of ether oxygens (including phenoxy) is 1. The van der Waals surface area contributed by atoms with Crippen molar-refractivity contribution in [1.29, 1.82) is 0 Å². The first kappa shape index (κ1) is 14.0. The highest BCUT2D eigenvalue weighted by molar-refractivity contribution is 7.97. The van der Waals surface area contributed by atoms with E-state index in [2.05, 4.69) is 19.2 Å². The van der Waals surface area contributed by atoms with Crippen LogP contribution in [-0.2, 0) is 10.5 Å². The molecule has 0 aliphatic heterocycles. The van der Waals surface area contributed by atoms with E-state index in [9.17, 15) is 4.79 Å². The van der Waals surface area contributed by atoms with Gasteiger partial charge in [0.2, 0.25) is 0 Å². The maximum Gasteiger partial charge on any atom is 0.418 e. The Labute approximate surface area is 117 Å². The molecule has 19 heavy (non-hydrogen) atoms. The lowest BCUT2D eigenvalue weighted by molar-refractivity contribution is 0.147. The maximum atomic E-state index is 12.1. The third-order valence-electron chi connectivity index (χ3n) is 3.01. The lowest BCUT2D eigenvalue weighted by Gasteiger charge is -2.08. The number of thioether (sulfide) groups is 1. The van der Waals surface area contributed by atoms with Gasteiger partial charge in [-0.2, -0.15) is 11.8 Å². The van der Waals surface area contributed by atoms with Crippen LogP contribution in [0.1, 0.15) is 25.3 Å². The quantitative estimate of drug-likeness (QED) is 0.764. The molecule has 0 saturated carbocycles. The van der Waals surface area contributed by atoms with E-state index in [0.717, 1.165) is 29.5 Å². The highest BCUT2D eigenvalue weighted by Gasteiger charge is 2.12. The van der Waals surface area contributed by atoms with E-state index in [0.29, 0.717) is 6.61 Å².